The fourth-order valence-electron chi connectivity index (χ4n) is 4.33. The lowest BCUT2D eigenvalue weighted by molar-refractivity contribution is -0.137. The van der Waals surface area contributed by atoms with Crippen molar-refractivity contribution < 1.29 is 18.0 Å². The lowest BCUT2D eigenvalue weighted by atomic mass is 9.91. The summed E-state index contributed by atoms with van der Waals surface area (Å²) in [7, 11) is 1.70. The van der Waals surface area contributed by atoms with Crippen molar-refractivity contribution in [3.63, 3.8) is 0 Å². The van der Waals surface area contributed by atoms with Crippen LogP contribution >= 0.6 is 0 Å². The van der Waals surface area contributed by atoms with Crippen molar-refractivity contribution in [1.82, 2.24) is 25.2 Å². The Morgan fingerprint density at radius 3 is 2.69 bits per heavy atom. The highest BCUT2D eigenvalue weighted by molar-refractivity contribution is 5.96. The number of alkyl halides is 3. The highest BCUT2D eigenvalue weighted by atomic mass is 19.4. The third-order valence-corrected chi connectivity index (χ3v) is 6.62. The van der Waals surface area contributed by atoms with Gasteiger partial charge in [0.15, 0.2) is 0 Å². The zero-order valence-electron chi connectivity index (χ0n) is 18.7. The Morgan fingerprint density at radius 1 is 1.28 bits per heavy atom. The maximum absolute atomic E-state index is 13.8. The molecule has 2 atom stereocenters. The van der Waals surface area contributed by atoms with Crippen LogP contribution < -0.4 is 10.6 Å². The van der Waals surface area contributed by atoms with E-state index in [1.54, 1.807) is 11.9 Å². The van der Waals surface area contributed by atoms with Crippen LogP contribution in [-0.4, -0.2) is 57.0 Å². The number of nitrogens with zero attached hydrogens (tertiary/aromatic N) is 3. The normalized spacial score (nSPS) is 23.6. The number of fused-ring (bicyclic) bond motifs is 1. The molecule has 0 aliphatic carbocycles. The topological polar surface area (TPSA) is 85.9 Å². The Balaban J connectivity index is 1.71. The molecule has 3 N–H and O–H groups in total. The van der Waals surface area contributed by atoms with E-state index in [0.717, 1.165) is 19.0 Å². The zero-order chi connectivity index (χ0) is 23.3. The smallest absolute Gasteiger partial charge is 0.356 e. The quantitative estimate of drug-likeness (QED) is 0.662. The summed E-state index contributed by atoms with van der Waals surface area (Å²) in [4.78, 5) is 25.6. The predicted molar refractivity (Wildman–Crippen MR) is 115 cm³/mol. The van der Waals surface area contributed by atoms with Crippen molar-refractivity contribution in [2.24, 2.45) is 0 Å². The molecule has 0 bridgehead atoms. The van der Waals surface area contributed by atoms with Gasteiger partial charge in [-0.2, -0.15) is 13.2 Å². The van der Waals surface area contributed by atoms with E-state index in [-0.39, 0.29) is 35.2 Å². The van der Waals surface area contributed by atoms with Gasteiger partial charge in [0.1, 0.15) is 11.3 Å². The van der Waals surface area contributed by atoms with Gasteiger partial charge in [0.2, 0.25) is 5.95 Å². The van der Waals surface area contributed by atoms with E-state index in [1.807, 2.05) is 6.92 Å². The summed E-state index contributed by atoms with van der Waals surface area (Å²) in [5, 5.41) is 6.60. The van der Waals surface area contributed by atoms with Gasteiger partial charge in [-0.1, -0.05) is 0 Å². The lowest BCUT2D eigenvalue weighted by Crippen LogP contribution is -2.50. The Morgan fingerprint density at radius 2 is 2.03 bits per heavy atom. The summed E-state index contributed by atoms with van der Waals surface area (Å²) in [5.41, 5.74) is 0.113. The number of piperidine rings is 1. The van der Waals surface area contributed by atoms with Crippen LogP contribution in [0.1, 0.15) is 61.6 Å². The molecule has 4 rings (SSSR count). The van der Waals surface area contributed by atoms with Gasteiger partial charge in [-0.25, -0.2) is 9.97 Å². The standard InChI is InChI=1S/C22H29F3N6O/c1-12-5-6-14-15(10-26-18(14)19(32)31(12)4)17-16(22(23,24)25)11-27-20(30-17)29-13-7-8-21(2,3)28-9-13/h10-13,26,28H,5-9H2,1-4H3,(H,27,29,30)/t12-,13+/m1/s1. The average molecular weight is 451 g/mol. The molecule has 0 unspecified atom stereocenters. The van der Waals surface area contributed by atoms with Crippen molar-refractivity contribution in [3.8, 4) is 11.3 Å². The molecule has 0 radical (unpaired) electrons. The van der Waals surface area contributed by atoms with Crippen LogP contribution in [0, 0.1) is 0 Å². The maximum atomic E-state index is 13.8. The highest BCUT2D eigenvalue weighted by Gasteiger charge is 2.38. The van der Waals surface area contributed by atoms with E-state index in [4.69, 9.17) is 0 Å². The molecular weight excluding hydrogens is 421 g/mol. The van der Waals surface area contributed by atoms with Crippen LogP contribution in [-0.2, 0) is 12.6 Å². The molecule has 0 saturated carbocycles. The number of aromatic nitrogens is 3. The molecule has 174 valence electrons. The molecule has 2 aromatic heterocycles. The van der Waals surface area contributed by atoms with Gasteiger partial charge >= 0.3 is 6.18 Å². The SMILES string of the molecule is C[C@@H]1CCc2c(-c3nc(N[C@H]4CCC(C)(C)NC4)ncc3C(F)(F)F)c[nH]c2C(=O)N1C. The Bertz CT molecular complexity index is 1010. The second-order valence-corrected chi connectivity index (χ2v) is 9.46. The van der Waals surface area contributed by atoms with Gasteiger partial charge in [-0.15, -0.1) is 0 Å². The molecule has 0 aromatic carbocycles. The maximum Gasteiger partial charge on any atom is 0.419 e. The molecular formula is C22H29F3N6O. The van der Waals surface area contributed by atoms with E-state index in [2.05, 4.69) is 39.4 Å². The average Bonchev–Trinajstić information content (AvgIpc) is 3.11. The first-order valence-electron chi connectivity index (χ1n) is 10.9. The van der Waals surface area contributed by atoms with Crippen molar-refractivity contribution in [2.75, 3.05) is 18.9 Å². The van der Waals surface area contributed by atoms with Crippen molar-refractivity contribution >= 4 is 11.9 Å². The lowest BCUT2D eigenvalue weighted by Gasteiger charge is -2.36. The molecule has 1 fully saturated rings. The fraction of sp³-hybridized carbons (Fsp3) is 0.591. The van der Waals surface area contributed by atoms with Gasteiger partial charge in [-0.05, 0) is 52.0 Å². The van der Waals surface area contributed by atoms with E-state index in [0.29, 0.717) is 36.2 Å². The van der Waals surface area contributed by atoms with Crippen LogP contribution in [0.4, 0.5) is 19.1 Å². The van der Waals surface area contributed by atoms with Gasteiger partial charge in [0, 0.05) is 49.2 Å². The number of anilines is 1. The number of aromatic amines is 1. The minimum Gasteiger partial charge on any atom is -0.356 e. The van der Waals surface area contributed by atoms with Crippen LogP contribution in [0.3, 0.4) is 0 Å². The van der Waals surface area contributed by atoms with E-state index in [1.165, 1.54) is 6.20 Å². The van der Waals surface area contributed by atoms with Gasteiger partial charge < -0.3 is 20.5 Å². The third-order valence-electron chi connectivity index (χ3n) is 6.62. The molecule has 1 amide bonds. The first kappa shape index (κ1) is 22.6. The summed E-state index contributed by atoms with van der Waals surface area (Å²) >= 11 is 0. The second kappa shape index (κ2) is 8.06. The number of hydrogen-bond acceptors (Lipinski definition) is 5. The molecule has 4 heterocycles. The van der Waals surface area contributed by atoms with Crippen molar-refractivity contribution in [3.05, 3.63) is 29.2 Å². The van der Waals surface area contributed by atoms with Crippen LogP contribution in [0.2, 0.25) is 0 Å². The number of nitrogens with one attached hydrogen (secondary N) is 3. The van der Waals surface area contributed by atoms with Crippen LogP contribution in [0.5, 0.6) is 0 Å². The Labute approximate surface area is 185 Å². The summed E-state index contributed by atoms with van der Waals surface area (Å²) in [5.74, 6) is -0.0759. The first-order chi connectivity index (χ1) is 15.0. The molecule has 32 heavy (non-hydrogen) atoms. The fourth-order valence-corrected chi connectivity index (χ4v) is 4.33. The Kier molecular flexibility index (Phi) is 5.68. The monoisotopic (exact) mass is 450 g/mol. The third kappa shape index (κ3) is 4.32. The predicted octanol–water partition coefficient (Wildman–Crippen LogP) is 3.84. The zero-order valence-corrected chi connectivity index (χ0v) is 18.7. The van der Waals surface area contributed by atoms with E-state index >= 15 is 0 Å². The minimum atomic E-state index is -4.62. The summed E-state index contributed by atoms with van der Waals surface area (Å²) in [6, 6.07) is 0.0101. The molecule has 7 nitrogen and oxygen atoms in total. The molecule has 2 aromatic rings. The Hall–Kier alpha value is -2.62. The molecule has 2 aliphatic rings. The highest BCUT2D eigenvalue weighted by Crippen LogP contribution is 2.39. The number of halogens is 3. The second-order valence-electron chi connectivity index (χ2n) is 9.46. The molecule has 2 aliphatic heterocycles. The van der Waals surface area contributed by atoms with Crippen molar-refractivity contribution in [1.29, 1.82) is 0 Å². The van der Waals surface area contributed by atoms with Gasteiger partial charge in [0.05, 0.1) is 5.69 Å². The van der Waals surface area contributed by atoms with Crippen molar-refractivity contribution in [2.45, 2.75) is 70.3 Å². The largest absolute Gasteiger partial charge is 0.419 e. The van der Waals surface area contributed by atoms with Crippen LogP contribution in [0.15, 0.2) is 12.4 Å². The summed E-state index contributed by atoms with van der Waals surface area (Å²) in [6.07, 6.45) is 0.594. The number of H-pyrrole nitrogens is 1. The number of rotatable bonds is 3. The van der Waals surface area contributed by atoms with Crippen LogP contribution in [0.25, 0.3) is 11.3 Å². The number of carbonyl (C=O) groups is 1. The van der Waals surface area contributed by atoms with Gasteiger partial charge in [0.25, 0.3) is 5.91 Å². The molecule has 1 saturated heterocycles. The first-order valence-corrected chi connectivity index (χ1v) is 10.9. The molecule has 10 heteroatoms. The van der Waals surface area contributed by atoms with E-state index < -0.39 is 11.7 Å². The number of carbonyl (C=O) groups excluding carboxylic acids is 1. The van der Waals surface area contributed by atoms with Gasteiger partial charge in [-0.3, -0.25) is 4.79 Å². The number of hydrogen-bond donors (Lipinski definition) is 3. The van der Waals surface area contributed by atoms with E-state index in [9.17, 15) is 18.0 Å². The minimum absolute atomic E-state index is 0.0103. The summed E-state index contributed by atoms with van der Waals surface area (Å²) < 4.78 is 41.5. The summed E-state index contributed by atoms with van der Waals surface area (Å²) in [6.45, 7) is 6.84. The number of amides is 1. The molecule has 0 spiro atoms.